The van der Waals surface area contributed by atoms with E-state index in [1.807, 2.05) is 30.3 Å². The van der Waals surface area contributed by atoms with E-state index in [-0.39, 0.29) is 23.8 Å². The average Bonchev–Trinajstić information content (AvgIpc) is 2.59. The molecule has 3 rings (SSSR count). The number of alkyl halides is 2. The first-order valence-electron chi connectivity index (χ1n) is 8.14. The van der Waals surface area contributed by atoms with E-state index in [0.717, 1.165) is 11.1 Å². The van der Waals surface area contributed by atoms with Crippen LogP contribution in [0.1, 0.15) is 17.2 Å². The van der Waals surface area contributed by atoms with Crippen molar-refractivity contribution in [2.75, 3.05) is 26.4 Å². The molecule has 134 valence electrons. The van der Waals surface area contributed by atoms with Crippen LogP contribution in [0.5, 0.6) is 5.75 Å². The lowest BCUT2D eigenvalue weighted by molar-refractivity contribution is -0.134. The molecular formula is C19H21F2NO3. The lowest BCUT2D eigenvalue weighted by Gasteiger charge is -2.41. The molecule has 1 atom stereocenters. The van der Waals surface area contributed by atoms with Crippen LogP contribution in [0.4, 0.5) is 8.78 Å². The lowest BCUT2D eigenvalue weighted by atomic mass is 9.86. The Hall–Kier alpha value is -2.02. The van der Waals surface area contributed by atoms with Crippen molar-refractivity contribution in [2.24, 2.45) is 5.41 Å². The molecule has 1 saturated heterocycles. The SMILES string of the molecule is OCC1(CNC(c2ccccc2)c2ccc(OC(F)F)cc2)COC1. The van der Waals surface area contributed by atoms with Gasteiger partial charge in [-0.25, -0.2) is 0 Å². The Labute approximate surface area is 145 Å². The third-order valence-corrected chi connectivity index (χ3v) is 4.40. The van der Waals surface area contributed by atoms with Crippen LogP contribution in [0.2, 0.25) is 0 Å². The minimum Gasteiger partial charge on any atom is -0.435 e. The number of aliphatic hydroxyl groups is 1. The monoisotopic (exact) mass is 349 g/mol. The summed E-state index contributed by atoms with van der Waals surface area (Å²) in [6.07, 6.45) is 0. The number of aliphatic hydroxyl groups excluding tert-OH is 1. The van der Waals surface area contributed by atoms with Crippen LogP contribution in [0, 0.1) is 5.41 Å². The van der Waals surface area contributed by atoms with E-state index in [1.54, 1.807) is 12.1 Å². The van der Waals surface area contributed by atoms with Crippen molar-refractivity contribution in [1.29, 1.82) is 0 Å². The Kier molecular flexibility index (Phi) is 5.63. The van der Waals surface area contributed by atoms with Gasteiger partial charge < -0.3 is 19.9 Å². The van der Waals surface area contributed by atoms with Gasteiger partial charge in [-0.05, 0) is 23.3 Å². The standard InChI is InChI=1S/C19H21F2NO3/c20-18(21)25-16-8-6-15(7-9-16)17(14-4-2-1-3-5-14)22-10-19(11-23)12-24-13-19/h1-9,17-18,22-23H,10-13H2. The summed E-state index contributed by atoms with van der Waals surface area (Å²) in [4.78, 5) is 0. The Morgan fingerprint density at radius 2 is 1.68 bits per heavy atom. The molecule has 1 aliphatic heterocycles. The Morgan fingerprint density at radius 3 is 2.20 bits per heavy atom. The highest BCUT2D eigenvalue weighted by molar-refractivity contribution is 5.35. The quantitative estimate of drug-likeness (QED) is 0.769. The largest absolute Gasteiger partial charge is 0.435 e. The highest BCUT2D eigenvalue weighted by Gasteiger charge is 2.38. The van der Waals surface area contributed by atoms with Crippen molar-refractivity contribution in [3.05, 3.63) is 65.7 Å². The second-order valence-corrected chi connectivity index (χ2v) is 6.32. The molecule has 2 N–H and O–H groups in total. The van der Waals surface area contributed by atoms with Crippen LogP contribution in [0.3, 0.4) is 0 Å². The maximum atomic E-state index is 12.3. The molecule has 0 radical (unpaired) electrons. The smallest absolute Gasteiger partial charge is 0.387 e. The second-order valence-electron chi connectivity index (χ2n) is 6.32. The topological polar surface area (TPSA) is 50.7 Å². The number of hydrogen-bond acceptors (Lipinski definition) is 4. The molecule has 0 aromatic heterocycles. The van der Waals surface area contributed by atoms with Crippen molar-refractivity contribution in [2.45, 2.75) is 12.7 Å². The molecule has 1 heterocycles. The normalized spacial score (nSPS) is 17.1. The zero-order valence-corrected chi connectivity index (χ0v) is 13.7. The Bertz CT molecular complexity index is 655. The van der Waals surface area contributed by atoms with Gasteiger partial charge in [0, 0.05) is 6.54 Å². The maximum Gasteiger partial charge on any atom is 0.387 e. The number of nitrogens with one attached hydrogen (secondary N) is 1. The third-order valence-electron chi connectivity index (χ3n) is 4.40. The Morgan fingerprint density at radius 1 is 1.04 bits per heavy atom. The molecule has 1 unspecified atom stereocenters. The van der Waals surface area contributed by atoms with Crippen LogP contribution >= 0.6 is 0 Å². The molecule has 6 heteroatoms. The Balaban J connectivity index is 1.78. The van der Waals surface area contributed by atoms with Gasteiger partial charge >= 0.3 is 6.61 Å². The molecule has 0 aliphatic carbocycles. The van der Waals surface area contributed by atoms with Gasteiger partial charge in [0.1, 0.15) is 5.75 Å². The molecule has 0 bridgehead atoms. The summed E-state index contributed by atoms with van der Waals surface area (Å²) in [7, 11) is 0. The fraction of sp³-hybridized carbons (Fsp3) is 0.368. The molecule has 0 amide bonds. The number of rotatable bonds is 8. The van der Waals surface area contributed by atoms with Crippen LogP contribution in [-0.4, -0.2) is 38.1 Å². The number of ether oxygens (including phenoxy) is 2. The van der Waals surface area contributed by atoms with Gasteiger partial charge in [0.05, 0.1) is 31.3 Å². The lowest BCUT2D eigenvalue weighted by Crippen LogP contribution is -2.52. The molecular weight excluding hydrogens is 328 g/mol. The van der Waals surface area contributed by atoms with Crippen molar-refractivity contribution in [1.82, 2.24) is 5.32 Å². The summed E-state index contributed by atoms with van der Waals surface area (Å²) >= 11 is 0. The van der Waals surface area contributed by atoms with Gasteiger partial charge in [0.15, 0.2) is 0 Å². The van der Waals surface area contributed by atoms with Gasteiger partial charge in [-0.1, -0.05) is 42.5 Å². The predicted molar refractivity (Wildman–Crippen MR) is 89.7 cm³/mol. The summed E-state index contributed by atoms with van der Waals surface area (Å²) in [5.41, 5.74) is 1.73. The van der Waals surface area contributed by atoms with E-state index in [4.69, 9.17) is 4.74 Å². The fourth-order valence-corrected chi connectivity index (χ4v) is 2.87. The molecule has 1 fully saturated rings. The first-order valence-corrected chi connectivity index (χ1v) is 8.14. The summed E-state index contributed by atoms with van der Waals surface area (Å²) in [6, 6.07) is 16.3. The van der Waals surface area contributed by atoms with E-state index in [2.05, 4.69) is 10.1 Å². The van der Waals surface area contributed by atoms with Crippen molar-refractivity contribution >= 4 is 0 Å². The first-order chi connectivity index (χ1) is 12.1. The van der Waals surface area contributed by atoms with Crippen LogP contribution in [-0.2, 0) is 4.74 Å². The number of benzene rings is 2. The van der Waals surface area contributed by atoms with Gasteiger partial charge in [0.2, 0.25) is 0 Å². The summed E-state index contributed by atoms with van der Waals surface area (Å²) < 4.78 is 34.3. The molecule has 1 aliphatic rings. The third kappa shape index (κ3) is 4.34. The minimum atomic E-state index is -2.84. The first kappa shape index (κ1) is 17.8. The zero-order chi connectivity index (χ0) is 17.7. The van der Waals surface area contributed by atoms with Crippen molar-refractivity contribution in [3.63, 3.8) is 0 Å². The summed E-state index contributed by atoms with van der Waals surface area (Å²) in [6.45, 7) is -1.13. The summed E-state index contributed by atoms with van der Waals surface area (Å²) in [5.74, 6) is 0.129. The second kappa shape index (κ2) is 7.91. The van der Waals surface area contributed by atoms with E-state index < -0.39 is 6.61 Å². The molecule has 4 nitrogen and oxygen atoms in total. The van der Waals surface area contributed by atoms with Crippen LogP contribution < -0.4 is 10.1 Å². The van der Waals surface area contributed by atoms with Gasteiger partial charge in [-0.3, -0.25) is 0 Å². The van der Waals surface area contributed by atoms with Gasteiger partial charge in [-0.15, -0.1) is 0 Å². The molecule has 0 saturated carbocycles. The van der Waals surface area contributed by atoms with Gasteiger partial charge in [-0.2, -0.15) is 8.78 Å². The van der Waals surface area contributed by atoms with Crippen molar-refractivity contribution in [3.8, 4) is 5.75 Å². The highest BCUT2D eigenvalue weighted by Crippen LogP contribution is 2.29. The number of halogens is 2. The van der Waals surface area contributed by atoms with E-state index in [1.165, 1.54) is 12.1 Å². The zero-order valence-electron chi connectivity index (χ0n) is 13.7. The van der Waals surface area contributed by atoms with Crippen LogP contribution in [0.25, 0.3) is 0 Å². The van der Waals surface area contributed by atoms with E-state index in [9.17, 15) is 13.9 Å². The fourth-order valence-electron chi connectivity index (χ4n) is 2.87. The van der Waals surface area contributed by atoms with Gasteiger partial charge in [0.25, 0.3) is 0 Å². The molecule has 2 aromatic rings. The molecule has 2 aromatic carbocycles. The molecule has 0 spiro atoms. The maximum absolute atomic E-state index is 12.3. The van der Waals surface area contributed by atoms with Crippen LogP contribution in [0.15, 0.2) is 54.6 Å². The van der Waals surface area contributed by atoms with E-state index >= 15 is 0 Å². The molecule has 25 heavy (non-hydrogen) atoms. The predicted octanol–water partition coefficient (Wildman–Crippen LogP) is 2.98. The van der Waals surface area contributed by atoms with E-state index in [0.29, 0.717) is 19.8 Å². The number of hydrogen-bond donors (Lipinski definition) is 2. The average molecular weight is 349 g/mol. The highest BCUT2D eigenvalue weighted by atomic mass is 19.3. The summed E-state index contributed by atoms with van der Waals surface area (Å²) in [5, 5.41) is 13.1. The minimum absolute atomic E-state index is 0.0582. The van der Waals surface area contributed by atoms with Crippen molar-refractivity contribution < 1.29 is 23.4 Å².